The number of anilines is 1. The van der Waals surface area contributed by atoms with Crippen LogP contribution in [-0.4, -0.2) is 22.1 Å². The van der Waals surface area contributed by atoms with Crippen LogP contribution in [0.25, 0.3) is 0 Å². The third-order valence-electron chi connectivity index (χ3n) is 2.24. The van der Waals surface area contributed by atoms with E-state index in [4.69, 9.17) is 11.6 Å². The molecule has 0 unspecified atom stereocenters. The van der Waals surface area contributed by atoms with Crippen molar-refractivity contribution in [1.82, 2.24) is 9.97 Å². The summed E-state index contributed by atoms with van der Waals surface area (Å²) in [6.45, 7) is 0. The molecule has 0 bridgehead atoms. The van der Waals surface area contributed by atoms with Crippen LogP contribution in [0.2, 0.25) is 5.15 Å². The minimum absolute atomic E-state index is 0.174. The normalized spacial score (nSPS) is 10.1. The van der Waals surface area contributed by atoms with Gasteiger partial charge in [-0.3, -0.25) is 4.79 Å². The summed E-state index contributed by atoms with van der Waals surface area (Å²) in [6, 6.07) is 7.34. The Morgan fingerprint density at radius 2 is 2.00 bits per heavy atom. The standard InChI is InChI=1S/C12H10ClN3OS/c1-18-9-5-3-2-4-8(9)12(17)16-11-10(13)14-6-7-15-11/h2-7H,1H3,(H,15,16,17). The molecule has 0 spiro atoms. The van der Waals surface area contributed by atoms with Crippen LogP contribution in [0.1, 0.15) is 10.4 Å². The molecular formula is C12H10ClN3OS. The Balaban J connectivity index is 2.25. The molecule has 1 heterocycles. The van der Waals surface area contributed by atoms with Gasteiger partial charge in [-0.15, -0.1) is 11.8 Å². The molecular weight excluding hydrogens is 270 g/mol. The van der Waals surface area contributed by atoms with Crippen molar-refractivity contribution < 1.29 is 4.79 Å². The van der Waals surface area contributed by atoms with Gasteiger partial charge in [-0.1, -0.05) is 23.7 Å². The summed E-state index contributed by atoms with van der Waals surface area (Å²) in [5.74, 6) is 0.0161. The number of nitrogens with zero attached hydrogens (tertiary/aromatic N) is 2. The van der Waals surface area contributed by atoms with E-state index in [0.29, 0.717) is 5.56 Å². The van der Waals surface area contributed by atoms with Crippen molar-refractivity contribution in [2.45, 2.75) is 4.90 Å². The highest BCUT2D eigenvalue weighted by atomic mass is 35.5. The smallest absolute Gasteiger partial charge is 0.258 e. The molecule has 0 aliphatic rings. The van der Waals surface area contributed by atoms with Crippen LogP contribution >= 0.6 is 23.4 Å². The Labute approximate surface area is 114 Å². The van der Waals surface area contributed by atoms with Gasteiger partial charge in [0.2, 0.25) is 0 Å². The van der Waals surface area contributed by atoms with Crippen LogP contribution in [0.3, 0.4) is 0 Å². The summed E-state index contributed by atoms with van der Waals surface area (Å²) < 4.78 is 0. The highest BCUT2D eigenvalue weighted by Crippen LogP contribution is 2.22. The van der Waals surface area contributed by atoms with Gasteiger partial charge in [0.25, 0.3) is 5.91 Å². The van der Waals surface area contributed by atoms with E-state index in [1.54, 1.807) is 6.07 Å². The number of carbonyl (C=O) groups is 1. The first kappa shape index (κ1) is 12.9. The van der Waals surface area contributed by atoms with Crippen LogP contribution in [0.5, 0.6) is 0 Å². The van der Waals surface area contributed by atoms with Gasteiger partial charge in [-0.05, 0) is 18.4 Å². The Hall–Kier alpha value is -1.59. The van der Waals surface area contributed by atoms with Crippen molar-refractivity contribution in [3.8, 4) is 0 Å². The quantitative estimate of drug-likeness (QED) is 0.877. The lowest BCUT2D eigenvalue weighted by atomic mass is 10.2. The molecule has 0 aliphatic carbocycles. The van der Waals surface area contributed by atoms with Crippen LogP contribution in [0, 0.1) is 0 Å². The predicted octanol–water partition coefficient (Wildman–Crippen LogP) is 3.10. The van der Waals surface area contributed by atoms with Crippen molar-refractivity contribution in [3.63, 3.8) is 0 Å². The van der Waals surface area contributed by atoms with Gasteiger partial charge in [-0.2, -0.15) is 0 Å². The Morgan fingerprint density at radius 1 is 1.28 bits per heavy atom. The van der Waals surface area contributed by atoms with Crippen molar-refractivity contribution in [1.29, 1.82) is 0 Å². The second-order valence-corrected chi connectivity index (χ2v) is 4.56. The first-order valence-electron chi connectivity index (χ1n) is 5.13. The Kier molecular flexibility index (Phi) is 4.17. The Bertz CT molecular complexity index is 577. The molecule has 2 aromatic rings. The van der Waals surface area contributed by atoms with E-state index in [-0.39, 0.29) is 16.9 Å². The van der Waals surface area contributed by atoms with Gasteiger partial charge < -0.3 is 5.32 Å². The maximum atomic E-state index is 12.1. The molecule has 1 amide bonds. The number of amides is 1. The van der Waals surface area contributed by atoms with E-state index in [1.165, 1.54) is 24.2 Å². The van der Waals surface area contributed by atoms with Gasteiger partial charge in [-0.25, -0.2) is 9.97 Å². The van der Waals surface area contributed by atoms with Crippen molar-refractivity contribution in [2.24, 2.45) is 0 Å². The number of benzene rings is 1. The lowest BCUT2D eigenvalue weighted by molar-refractivity contribution is 0.102. The molecule has 6 heteroatoms. The molecule has 0 saturated heterocycles. The summed E-state index contributed by atoms with van der Waals surface area (Å²) in [4.78, 5) is 20.8. The molecule has 4 nitrogen and oxygen atoms in total. The van der Waals surface area contributed by atoms with Crippen molar-refractivity contribution in [3.05, 3.63) is 47.4 Å². The molecule has 1 N–H and O–H groups in total. The molecule has 18 heavy (non-hydrogen) atoms. The number of hydrogen-bond acceptors (Lipinski definition) is 4. The highest BCUT2D eigenvalue weighted by molar-refractivity contribution is 7.98. The zero-order chi connectivity index (χ0) is 13.0. The largest absolute Gasteiger partial charge is 0.304 e. The topological polar surface area (TPSA) is 54.9 Å². The first-order chi connectivity index (χ1) is 8.72. The third kappa shape index (κ3) is 2.80. The van der Waals surface area contributed by atoms with E-state index >= 15 is 0 Å². The fraction of sp³-hybridized carbons (Fsp3) is 0.0833. The molecule has 0 radical (unpaired) electrons. The minimum atomic E-state index is -0.248. The highest BCUT2D eigenvalue weighted by Gasteiger charge is 2.12. The SMILES string of the molecule is CSc1ccccc1C(=O)Nc1nccnc1Cl. The van der Waals surface area contributed by atoms with Crippen LogP contribution in [-0.2, 0) is 0 Å². The van der Waals surface area contributed by atoms with Gasteiger partial charge in [0.15, 0.2) is 11.0 Å². The van der Waals surface area contributed by atoms with Crippen LogP contribution in [0.4, 0.5) is 5.82 Å². The lowest BCUT2D eigenvalue weighted by Gasteiger charge is -2.08. The van der Waals surface area contributed by atoms with Gasteiger partial charge >= 0.3 is 0 Å². The van der Waals surface area contributed by atoms with Gasteiger partial charge in [0.1, 0.15) is 0 Å². The zero-order valence-corrected chi connectivity index (χ0v) is 11.1. The number of nitrogens with one attached hydrogen (secondary N) is 1. The lowest BCUT2D eigenvalue weighted by Crippen LogP contribution is -2.14. The molecule has 0 fully saturated rings. The van der Waals surface area contributed by atoms with Crippen LogP contribution in [0.15, 0.2) is 41.6 Å². The summed E-state index contributed by atoms with van der Waals surface area (Å²) in [5.41, 5.74) is 0.590. The zero-order valence-electron chi connectivity index (χ0n) is 9.55. The van der Waals surface area contributed by atoms with E-state index in [2.05, 4.69) is 15.3 Å². The van der Waals surface area contributed by atoms with E-state index in [9.17, 15) is 4.79 Å². The van der Waals surface area contributed by atoms with Crippen LogP contribution < -0.4 is 5.32 Å². The number of aromatic nitrogens is 2. The maximum Gasteiger partial charge on any atom is 0.258 e. The monoisotopic (exact) mass is 279 g/mol. The van der Waals surface area contributed by atoms with Crippen molar-refractivity contribution in [2.75, 3.05) is 11.6 Å². The summed E-state index contributed by atoms with van der Waals surface area (Å²) in [5, 5.41) is 2.82. The first-order valence-corrected chi connectivity index (χ1v) is 6.73. The fourth-order valence-electron chi connectivity index (χ4n) is 1.41. The summed E-state index contributed by atoms with van der Waals surface area (Å²) in [7, 11) is 0. The molecule has 0 atom stereocenters. The molecule has 1 aromatic carbocycles. The van der Waals surface area contributed by atoms with Crippen molar-refractivity contribution >= 4 is 35.1 Å². The fourth-order valence-corrected chi connectivity index (χ4v) is 2.16. The van der Waals surface area contributed by atoms with Gasteiger partial charge in [0, 0.05) is 17.3 Å². The van der Waals surface area contributed by atoms with E-state index in [0.717, 1.165) is 4.90 Å². The molecule has 2 rings (SSSR count). The number of halogens is 1. The average molecular weight is 280 g/mol. The number of hydrogen-bond donors (Lipinski definition) is 1. The summed E-state index contributed by atoms with van der Waals surface area (Å²) >= 11 is 7.34. The molecule has 92 valence electrons. The number of thioether (sulfide) groups is 1. The predicted molar refractivity (Wildman–Crippen MR) is 73.2 cm³/mol. The maximum absolute atomic E-state index is 12.1. The Morgan fingerprint density at radius 3 is 2.72 bits per heavy atom. The molecule has 0 aliphatic heterocycles. The van der Waals surface area contributed by atoms with Gasteiger partial charge in [0.05, 0.1) is 5.56 Å². The average Bonchev–Trinajstić information content (AvgIpc) is 2.41. The second-order valence-electron chi connectivity index (χ2n) is 3.35. The minimum Gasteiger partial charge on any atom is -0.304 e. The second kappa shape index (κ2) is 5.84. The molecule has 0 saturated carbocycles. The summed E-state index contributed by atoms with van der Waals surface area (Å²) in [6.07, 6.45) is 4.86. The van der Waals surface area contributed by atoms with E-state index in [1.807, 2.05) is 24.5 Å². The molecule has 1 aromatic heterocycles. The third-order valence-corrected chi connectivity index (χ3v) is 3.31. The van der Waals surface area contributed by atoms with E-state index < -0.39 is 0 Å². The number of carbonyl (C=O) groups excluding carboxylic acids is 1. The number of rotatable bonds is 3.